The molecule has 0 N–H and O–H groups in total. The van der Waals surface area contributed by atoms with Gasteiger partial charge in [0.1, 0.15) is 5.60 Å². The molecule has 0 radical (unpaired) electrons. The van der Waals surface area contributed by atoms with Crippen LogP contribution in [0.25, 0.3) is 11.3 Å². The van der Waals surface area contributed by atoms with Crippen molar-refractivity contribution in [2.24, 2.45) is 0 Å². The molecule has 0 amide bonds. The lowest BCUT2D eigenvalue weighted by atomic mass is 10.1. The second kappa shape index (κ2) is 4.92. The smallest absolute Gasteiger partial charge is 0.418 e. The Kier molecular flexibility index (Phi) is 3.47. The van der Waals surface area contributed by atoms with Crippen molar-refractivity contribution in [1.29, 1.82) is 0 Å². The highest BCUT2D eigenvalue weighted by molar-refractivity contribution is 5.78. The minimum absolute atomic E-state index is 0.354. The average molecular weight is 257 g/mol. The molecule has 0 atom stereocenters. The van der Waals surface area contributed by atoms with Crippen molar-refractivity contribution in [1.82, 2.24) is 4.57 Å². The van der Waals surface area contributed by atoms with Gasteiger partial charge in [-0.15, -0.1) is 0 Å². The summed E-state index contributed by atoms with van der Waals surface area (Å²) in [5, 5.41) is 0. The summed E-state index contributed by atoms with van der Waals surface area (Å²) in [5.74, 6) is 0. The molecule has 0 fully saturated rings. The Hall–Kier alpha value is -2.03. The predicted molar refractivity (Wildman–Crippen MR) is 76.2 cm³/mol. The van der Waals surface area contributed by atoms with E-state index in [1.165, 1.54) is 10.1 Å². The zero-order valence-electron chi connectivity index (χ0n) is 11.8. The van der Waals surface area contributed by atoms with Gasteiger partial charge in [0.05, 0.1) is 5.69 Å². The van der Waals surface area contributed by atoms with Crippen molar-refractivity contribution in [3.8, 4) is 11.3 Å². The van der Waals surface area contributed by atoms with E-state index in [0.717, 1.165) is 11.3 Å². The molecule has 19 heavy (non-hydrogen) atoms. The zero-order valence-corrected chi connectivity index (χ0v) is 11.8. The van der Waals surface area contributed by atoms with Crippen molar-refractivity contribution < 1.29 is 9.53 Å². The van der Waals surface area contributed by atoms with Gasteiger partial charge in [0.15, 0.2) is 0 Å². The van der Waals surface area contributed by atoms with Crippen LogP contribution in [0.15, 0.2) is 42.6 Å². The van der Waals surface area contributed by atoms with Crippen LogP contribution in [0, 0.1) is 6.92 Å². The quantitative estimate of drug-likeness (QED) is 0.764. The van der Waals surface area contributed by atoms with E-state index in [1.807, 2.05) is 64.1 Å². The minimum atomic E-state index is -0.494. The predicted octanol–water partition coefficient (Wildman–Crippen LogP) is 4.25. The first kappa shape index (κ1) is 13.4. The topological polar surface area (TPSA) is 31.2 Å². The van der Waals surface area contributed by atoms with E-state index < -0.39 is 5.60 Å². The summed E-state index contributed by atoms with van der Waals surface area (Å²) in [6.45, 7) is 7.62. The van der Waals surface area contributed by atoms with E-state index in [0.29, 0.717) is 0 Å². The number of benzene rings is 1. The monoisotopic (exact) mass is 257 g/mol. The van der Waals surface area contributed by atoms with E-state index in [2.05, 4.69) is 0 Å². The lowest BCUT2D eigenvalue weighted by Crippen LogP contribution is -2.27. The van der Waals surface area contributed by atoms with Crippen LogP contribution in [0.5, 0.6) is 0 Å². The van der Waals surface area contributed by atoms with Gasteiger partial charge in [0.2, 0.25) is 0 Å². The van der Waals surface area contributed by atoms with Gasteiger partial charge in [-0.2, -0.15) is 0 Å². The number of nitrogens with zero attached hydrogens (tertiary/aromatic N) is 1. The Morgan fingerprint density at radius 2 is 1.74 bits per heavy atom. The Bertz CT molecular complexity index is 574. The number of hydrogen-bond donors (Lipinski definition) is 0. The molecule has 0 aliphatic rings. The summed E-state index contributed by atoms with van der Waals surface area (Å²) in [4.78, 5) is 12.1. The molecular weight excluding hydrogens is 238 g/mol. The van der Waals surface area contributed by atoms with E-state index in [9.17, 15) is 4.79 Å². The molecule has 0 bridgehead atoms. The molecule has 0 aliphatic heterocycles. The molecule has 1 aromatic heterocycles. The van der Waals surface area contributed by atoms with Gasteiger partial charge in [-0.25, -0.2) is 4.79 Å². The fourth-order valence-electron chi connectivity index (χ4n) is 1.81. The van der Waals surface area contributed by atoms with Gasteiger partial charge in [0.25, 0.3) is 0 Å². The fraction of sp³-hybridized carbons (Fsp3) is 0.312. The molecule has 100 valence electrons. The third-order valence-corrected chi connectivity index (χ3v) is 2.69. The number of ether oxygens (including phenoxy) is 1. The molecule has 2 rings (SSSR count). The van der Waals surface area contributed by atoms with Crippen molar-refractivity contribution >= 4 is 6.09 Å². The van der Waals surface area contributed by atoms with Crippen LogP contribution in [0.1, 0.15) is 26.3 Å². The highest BCUT2D eigenvalue weighted by atomic mass is 16.6. The number of aromatic nitrogens is 1. The van der Waals surface area contributed by atoms with Crippen LogP contribution in [0.3, 0.4) is 0 Å². The van der Waals surface area contributed by atoms with Crippen LogP contribution in [0.2, 0.25) is 0 Å². The van der Waals surface area contributed by atoms with Crippen molar-refractivity contribution in [2.75, 3.05) is 0 Å². The molecule has 0 saturated carbocycles. The minimum Gasteiger partial charge on any atom is -0.443 e. The van der Waals surface area contributed by atoms with E-state index >= 15 is 0 Å². The second-order valence-corrected chi connectivity index (χ2v) is 5.61. The summed E-state index contributed by atoms with van der Waals surface area (Å²) in [6.07, 6.45) is 1.37. The molecule has 3 nitrogen and oxygen atoms in total. The number of hydrogen-bond acceptors (Lipinski definition) is 2. The normalized spacial score (nSPS) is 11.4. The van der Waals surface area contributed by atoms with Crippen LogP contribution in [-0.4, -0.2) is 16.3 Å². The van der Waals surface area contributed by atoms with Crippen molar-refractivity contribution in [2.45, 2.75) is 33.3 Å². The average Bonchev–Trinajstić information content (AvgIpc) is 2.76. The van der Waals surface area contributed by atoms with E-state index in [-0.39, 0.29) is 6.09 Å². The van der Waals surface area contributed by atoms with Crippen LogP contribution in [0.4, 0.5) is 4.79 Å². The van der Waals surface area contributed by atoms with Crippen LogP contribution < -0.4 is 0 Å². The van der Waals surface area contributed by atoms with Crippen LogP contribution in [-0.2, 0) is 4.74 Å². The molecule has 0 saturated heterocycles. The number of aryl methyl sites for hydroxylation is 1. The van der Waals surface area contributed by atoms with Gasteiger partial charge in [-0.05, 0) is 45.4 Å². The summed E-state index contributed by atoms with van der Waals surface area (Å²) in [6, 6.07) is 11.8. The SMILES string of the molecule is Cc1ccc(-c2cccn2C(=O)OC(C)(C)C)cc1. The maximum Gasteiger partial charge on any atom is 0.418 e. The Morgan fingerprint density at radius 3 is 2.32 bits per heavy atom. The van der Waals surface area contributed by atoms with Crippen molar-refractivity contribution in [3.63, 3.8) is 0 Å². The summed E-state index contributed by atoms with van der Waals surface area (Å²) in [7, 11) is 0. The largest absolute Gasteiger partial charge is 0.443 e. The molecule has 1 heterocycles. The molecule has 3 heteroatoms. The third-order valence-electron chi connectivity index (χ3n) is 2.69. The fourth-order valence-corrected chi connectivity index (χ4v) is 1.81. The van der Waals surface area contributed by atoms with Gasteiger partial charge in [0, 0.05) is 6.20 Å². The Balaban J connectivity index is 2.32. The van der Waals surface area contributed by atoms with E-state index in [1.54, 1.807) is 6.20 Å². The highest BCUT2D eigenvalue weighted by Crippen LogP contribution is 2.22. The highest BCUT2D eigenvalue weighted by Gasteiger charge is 2.19. The molecular formula is C16H19NO2. The summed E-state index contributed by atoms with van der Waals surface area (Å²) in [5.41, 5.74) is 2.54. The van der Waals surface area contributed by atoms with Gasteiger partial charge in [-0.3, -0.25) is 4.57 Å². The third kappa shape index (κ3) is 3.25. The maximum atomic E-state index is 12.1. The summed E-state index contributed by atoms with van der Waals surface area (Å²) < 4.78 is 6.93. The maximum absolute atomic E-state index is 12.1. The molecule has 0 aliphatic carbocycles. The first-order valence-corrected chi connectivity index (χ1v) is 6.34. The van der Waals surface area contributed by atoms with Crippen LogP contribution >= 0.6 is 0 Å². The summed E-state index contributed by atoms with van der Waals surface area (Å²) >= 11 is 0. The number of rotatable bonds is 1. The Morgan fingerprint density at radius 1 is 1.11 bits per heavy atom. The van der Waals surface area contributed by atoms with Gasteiger partial charge < -0.3 is 4.74 Å². The standard InChI is InChI=1S/C16H19NO2/c1-12-7-9-13(10-8-12)14-6-5-11-17(14)15(18)19-16(2,3)4/h5-11H,1-4H3. The van der Waals surface area contributed by atoms with E-state index in [4.69, 9.17) is 4.74 Å². The molecule has 0 unspecified atom stereocenters. The lowest BCUT2D eigenvalue weighted by Gasteiger charge is -2.20. The first-order chi connectivity index (χ1) is 8.87. The van der Waals surface area contributed by atoms with Gasteiger partial charge >= 0.3 is 6.09 Å². The number of carbonyl (C=O) groups is 1. The second-order valence-electron chi connectivity index (χ2n) is 5.61. The number of carbonyl (C=O) groups excluding carboxylic acids is 1. The molecule has 2 aromatic rings. The first-order valence-electron chi connectivity index (χ1n) is 6.34. The molecule has 0 spiro atoms. The lowest BCUT2D eigenvalue weighted by molar-refractivity contribution is 0.0540. The van der Waals surface area contributed by atoms with Gasteiger partial charge in [-0.1, -0.05) is 29.8 Å². The zero-order chi connectivity index (χ0) is 14.0. The molecule has 1 aromatic carbocycles. The van der Waals surface area contributed by atoms with Crippen molar-refractivity contribution in [3.05, 3.63) is 48.2 Å². The Labute approximate surface area is 113 Å².